The molecule has 0 unspecified atom stereocenters. The maximum Gasteiger partial charge on any atom is 1.00 e. The molecular formula is C40H39LiN2O4S. The second-order valence-corrected chi connectivity index (χ2v) is 12.5. The maximum absolute atomic E-state index is 13.6. The molecule has 5 aromatic carbocycles. The van der Waals surface area contributed by atoms with Crippen molar-refractivity contribution >= 4 is 23.6 Å². The fourth-order valence-electron chi connectivity index (χ4n) is 5.56. The summed E-state index contributed by atoms with van der Waals surface area (Å²) in [6.45, 7) is 4.02. The van der Waals surface area contributed by atoms with Crippen molar-refractivity contribution in [3.05, 3.63) is 155 Å². The van der Waals surface area contributed by atoms with Crippen LogP contribution in [0.3, 0.4) is 0 Å². The van der Waals surface area contributed by atoms with Crippen LogP contribution in [0.1, 0.15) is 39.0 Å². The van der Waals surface area contributed by atoms with Crippen LogP contribution in [0.5, 0.6) is 11.5 Å². The summed E-state index contributed by atoms with van der Waals surface area (Å²) >= 11 is 1.53. The van der Waals surface area contributed by atoms with Gasteiger partial charge in [-0.3, -0.25) is 9.69 Å². The second kappa shape index (κ2) is 18.3. The van der Waals surface area contributed by atoms with Gasteiger partial charge in [0.2, 0.25) is 0 Å². The molecule has 8 heteroatoms. The smallest absolute Gasteiger partial charge is 0.548 e. The summed E-state index contributed by atoms with van der Waals surface area (Å²) in [5.41, 5.74) is 6.48. The number of amides is 1. The third-order valence-electron chi connectivity index (χ3n) is 7.90. The number of carboxylic acids is 1. The van der Waals surface area contributed by atoms with E-state index in [4.69, 9.17) is 4.74 Å². The van der Waals surface area contributed by atoms with Gasteiger partial charge in [-0.15, -0.1) is 0 Å². The van der Waals surface area contributed by atoms with E-state index in [9.17, 15) is 14.7 Å². The van der Waals surface area contributed by atoms with Crippen LogP contribution in [0.4, 0.5) is 0 Å². The Kier molecular flexibility index (Phi) is 14.0. The van der Waals surface area contributed by atoms with Gasteiger partial charge in [0.05, 0.1) is 12.0 Å². The Hall–Kier alpha value is -4.25. The molecule has 48 heavy (non-hydrogen) atoms. The van der Waals surface area contributed by atoms with Crippen molar-refractivity contribution in [2.45, 2.75) is 39.0 Å². The number of hydrogen-bond acceptors (Lipinski definition) is 6. The average Bonchev–Trinajstić information content (AvgIpc) is 3.07. The number of ether oxygens (including phenoxy) is 1. The molecule has 6 nitrogen and oxygen atoms in total. The van der Waals surface area contributed by atoms with Crippen molar-refractivity contribution in [2.24, 2.45) is 0 Å². The SMILES string of the molecule is CSCC[C@H](NC(=O)c1ccc(CN(Cc2ccccc2)Cc2cccc(Oc3ccccc3)c2)cc1-c1ccccc1C)C(=O)[O-].[Li+]. The number of carbonyl (C=O) groups is 2. The normalized spacial score (nSPS) is 11.4. The van der Waals surface area contributed by atoms with Gasteiger partial charge < -0.3 is 20.0 Å². The number of para-hydroxylation sites is 1. The first kappa shape index (κ1) is 36.6. The van der Waals surface area contributed by atoms with E-state index < -0.39 is 17.9 Å². The summed E-state index contributed by atoms with van der Waals surface area (Å²) < 4.78 is 6.11. The molecule has 0 aliphatic heterocycles. The quantitative estimate of drug-likeness (QED) is 0.171. The predicted octanol–water partition coefficient (Wildman–Crippen LogP) is 4.26. The van der Waals surface area contributed by atoms with Gasteiger partial charge >= 0.3 is 18.9 Å². The molecule has 0 spiro atoms. The van der Waals surface area contributed by atoms with Crippen LogP contribution in [-0.2, 0) is 24.4 Å². The van der Waals surface area contributed by atoms with Crippen molar-refractivity contribution in [3.8, 4) is 22.6 Å². The molecule has 0 aliphatic carbocycles. The molecule has 5 rings (SSSR count). The fourth-order valence-corrected chi connectivity index (χ4v) is 6.04. The number of aliphatic carboxylic acids is 1. The molecule has 5 aromatic rings. The number of carbonyl (C=O) groups excluding carboxylic acids is 2. The minimum absolute atomic E-state index is 0. The Labute approximate surface area is 299 Å². The van der Waals surface area contributed by atoms with Gasteiger partial charge in [0, 0.05) is 25.2 Å². The zero-order chi connectivity index (χ0) is 33.0. The third-order valence-corrected chi connectivity index (χ3v) is 8.55. The van der Waals surface area contributed by atoms with Crippen LogP contribution < -0.4 is 34.0 Å². The van der Waals surface area contributed by atoms with E-state index in [2.05, 4.69) is 40.5 Å². The molecule has 0 fully saturated rings. The monoisotopic (exact) mass is 650 g/mol. The summed E-state index contributed by atoms with van der Waals surface area (Å²) in [4.78, 5) is 27.8. The molecular weight excluding hydrogens is 611 g/mol. The van der Waals surface area contributed by atoms with Crippen LogP contribution >= 0.6 is 11.8 Å². The first-order chi connectivity index (χ1) is 22.9. The molecule has 0 saturated carbocycles. The van der Waals surface area contributed by atoms with Crippen LogP contribution in [-0.4, -0.2) is 34.8 Å². The van der Waals surface area contributed by atoms with Gasteiger partial charge in [-0.1, -0.05) is 91.0 Å². The average molecular weight is 651 g/mol. The first-order valence-corrected chi connectivity index (χ1v) is 17.1. The molecule has 1 N–H and O–H groups in total. The number of benzene rings is 5. The van der Waals surface area contributed by atoms with E-state index in [-0.39, 0.29) is 18.9 Å². The Balaban J connectivity index is 0.00000520. The van der Waals surface area contributed by atoms with E-state index in [0.717, 1.165) is 45.9 Å². The molecule has 0 aliphatic rings. The van der Waals surface area contributed by atoms with Gasteiger partial charge in [-0.25, -0.2) is 0 Å². The predicted molar refractivity (Wildman–Crippen MR) is 188 cm³/mol. The fraction of sp³-hybridized carbons (Fsp3) is 0.200. The van der Waals surface area contributed by atoms with Crippen LogP contribution in [0.25, 0.3) is 11.1 Å². The molecule has 0 bridgehead atoms. The summed E-state index contributed by atoms with van der Waals surface area (Å²) in [5.74, 6) is 0.450. The van der Waals surface area contributed by atoms with Crippen molar-refractivity contribution in [2.75, 3.05) is 12.0 Å². The van der Waals surface area contributed by atoms with E-state index in [1.54, 1.807) is 0 Å². The van der Waals surface area contributed by atoms with Gasteiger partial charge in [0.25, 0.3) is 5.91 Å². The standard InChI is InChI=1S/C40H40N2O4S.Li/c1-29-12-9-10-19-35(29)37-25-32(20-21-36(37)39(43)41-38(40(44)45)22-23-47-2)28-42(26-30-13-5-3-6-14-30)27-31-15-11-18-34(24-31)46-33-16-7-4-8-17-33;/h3-21,24-25,38H,22-23,26-28H2,1-2H3,(H,41,43)(H,44,45);/q;+1/p-1/t38-;/m0./s1. The number of hydrogen-bond donors (Lipinski definition) is 1. The Morgan fingerprint density at radius 3 is 2.02 bits per heavy atom. The van der Waals surface area contributed by atoms with Crippen LogP contribution in [0.15, 0.2) is 127 Å². The van der Waals surface area contributed by atoms with E-state index in [1.807, 2.05) is 110 Å². The summed E-state index contributed by atoms with van der Waals surface area (Å²) in [6.07, 6.45) is 2.19. The van der Waals surface area contributed by atoms with Crippen molar-refractivity contribution in [1.82, 2.24) is 10.2 Å². The van der Waals surface area contributed by atoms with Gasteiger partial charge in [-0.2, -0.15) is 11.8 Å². The zero-order valence-corrected chi connectivity index (χ0v) is 28.5. The molecule has 0 saturated heterocycles. The zero-order valence-electron chi connectivity index (χ0n) is 27.7. The Bertz CT molecular complexity index is 1790. The summed E-state index contributed by atoms with van der Waals surface area (Å²) in [7, 11) is 0. The molecule has 0 aromatic heterocycles. The van der Waals surface area contributed by atoms with Crippen LogP contribution in [0, 0.1) is 6.92 Å². The minimum Gasteiger partial charge on any atom is -0.548 e. The molecule has 1 amide bonds. The topological polar surface area (TPSA) is 81.7 Å². The number of thioether (sulfide) groups is 1. The van der Waals surface area contributed by atoms with E-state index in [1.165, 1.54) is 17.3 Å². The van der Waals surface area contributed by atoms with Crippen molar-refractivity contribution < 1.29 is 38.3 Å². The third kappa shape index (κ3) is 10.4. The number of carboxylic acid groups (broad SMARTS) is 1. The van der Waals surface area contributed by atoms with Crippen LogP contribution in [0.2, 0.25) is 0 Å². The summed E-state index contributed by atoms with van der Waals surface area (Å²) in [6, 6.07) is 40.9. The van der Waals surface area contributed by atoms with E-state index >= 15 is 0 Å². The number of nitrogens with zero attached hydrogens (tertiary/aromatic N) is 1. The molecule has 0 heterocycles. The second-order valence-electron chi connectivity index (χ2n) is 11.5. The first-order valence-electron chi connectivity index (χ1n) is 15.7. The molecule has 0 radical (unpaired) electrons. The Morgan fingerprint density at radius 2 is 1.33 bits per heavy atom. The van der Waals surface area contributed by atoms with E-state index in [0.29, 0.717) is 30.8 Å². The summed E-state index contributed by atoms with van der Waals surface area (Å²) in [5, 5.41) is 14.5. The van der Waals surface area contributed by atoms with Crippen molar-refractivity contribution in [3.63, 3.8) is 0 Å². The number of aryl methyl sites for hydroxylation is 1. The van der Waals surface area contributed by atoms with Crippen molar-refractivity contribution in [1.29, 1.82) is 0 Å². The minimum atomic E-state index is -1.28. The number of rotatable bonds is 15. The molecule has 240 valence electrons. The maximum atomic E-state index is 13.6. The Morgan fingerprint density at radius 1 is 0.729 bits per heavy atom. The van der Waals surface area contributed by atoms with Gasteiger partial charge in [0.15, 0.2) is 0 Å². The van der Waals surface area contributed by atoms with Gasteiger partial charge in [0.1, 0.15) is 11.5 Å². The largest absolute Gasteiger partial charge is 1.00 e. The number of nitrogens with one attached hydrogen (secondary N) is 1. The van der Waals surface area contributed by atoms with Gasteiger partial charge in [-0.05, 0) is 95.1 Å². The molecule has 1 atom stereocenters.